The van der Waals surface area contributed by atoms with Crippen LogP contribution in [-0.2, 0) is 13.2 Å². The number of hydrogen-bond donors (Lipinski definition) is 1. The van der Waals surface area contributed by atoms with Crippen LogP contribution in [0, 0.1) is 6.92 Å². The second-order valence-corrected chi connectivity index (χ2v) is 5.09. The van der Waals surface area contributed by atoms with Gasteiger partial charge < -0.3 is 9.84 Å². The third-order valence-corrected chi connectivity index (χ3v) is 3.44. The molecule has 2 aromatic rings. The number of halogens is 2. The van der Waals surface area contributed by atoms with E-state index >= 15 is 0 Å². The van der Waals surface area contributed by atoms with Crippen molar-refractivity contribution in [2.45, 2.75) is 20.1 Å². The lowest BCUT2D eigenvalue weighted by atomic mass is 10.1. The minimum Gasteiger partial charge on any atom is -0.488 e. The van der Waals surface area contributed by atoms with Crippen LogP contribution in [0.4, 0.5) is 0 Å². The summed E-state index contributed by atoms with van der Waals surface area (Å²) in [6.07, 6.45) is 0. The summed E-state index contributed by atoms with van der Waals surface area (Å²) in [7, 11) is 0. The van der Waals surface area contributed by atoms with Gasteiger partial charge in [0.2, 0.25) is 0 Å². The number of ether oxygens (including phenoxy) is 1. The lowest BCUT2D eigenvalue weighted by molar-refractivity contribution is 0.258. The van der Waals surface area contributed by atoms with Gasteiger partial charge in [-0.1, -0.05) is 47.5 Å². The molecule has 0 aliphatic heterocycles. The van der Waals surface area contributed by atoms with Gasteiger partial charge in [0.25, 0.3) is 0 Å². The van der Waals surface area contributed by atoms with E-state index in [0.29, 0.717) is 22.4 Å². The average Bonchev–Trinajstić information content (AvgIpc) is 2.39. The maximum absolute atomic E-state index is 9.31. The number of rotatable bonds is 4. The third-order valence-electron chi connectivity index (χ3n) is 2.85. The Morgan fingerprint density at radius 1 is 1.11 bits per heavy atom. The molecule has 0 amide bonds. The molecule has 0 radical (unpaired) electrons. The minimum atomic E-state index is -0.0502. The lowest BCUT2D eigenvalue weighted by Gasteiger charge is -2.13. The van der Waals surface area contributed by atoms with Gasteiger partial charge in [0.1, 0.15) is 12.4 Å². The van der Waals surface area contributed by atoms with Crippen molar-refractivity contribution in [3.8, 4) is 5.75 Å². The molecule has 0 saturated heterocycles. The highest BCUT2D eigenvalue weighted by Crippen LogP contribution is 2.27. The third kappa shape index (κ3) is 3.41. The quantitative estimate of drug-likeness (QED) is 0.908. The molecule has 2 rings (SSSR count). The molecule has 100 valence electrons. The topological polar surface area (TPSA) is 29.5 Å². The monoisotopic (exact) mass is 296 g/mol. The van der Waals surface area contributed by atoms with E-state index in [4.69, 9.17) is 27.9 Å². The highest BCUT2D eigenvalue weighted by atomic mass is 35.5. The van der Waals surface area contributed by atoms with Crippen molar-refractivity contribution in [2.75, 3.05) is 0 Å². The summed E-state index contributed by atoms with van der Waals surface area (Å²) in [5.74, 6) is 0.705. The SMILES string of the molecule is Cc1cccc(CO)c1OCc1ccc(Cl)cc1Cl. The molecule has 0 heterocycles. The first-order valence-corrected chi connectivity index (χ1v) is 6.63. The number of hydrogen-bond acceptors (Lipinski definition) is 2. The van der Waals surface area contributed by atoms with Crippen molar-refractivity contribution in [1.82, 2.24) is 0 Å². The molecule has 2 nitrogen and oxygen atoms in total. The Balaban J connectivity index is 2.19. The number of aryl methyl sites for hydroxylation is 1. The molecule has 0 fully saturated rings. The second kappa shape index (κ2) is 6.29. The molecular weight excluding hydrogens is 283 g/mol. The van der Waals surface area contributed by atoms with Crippen molar-refractivity contribution in [1.29, 1.82) is 0 Å². The summed E-state index contributed by atoms with van der Waals surface area (Å²) < 4.78 is 5.78. The fourth-order valence-corrected chi connectivity index (χ4v) is 2.30. The Kier molecular flexibility index (Phi) is 4.70. The highest BCUT2D eigenvalue weighted by molar-refractivity contribution is 6.35. The van der Waals surface area contributed by atoms with Crippen molar-refractivity contribution >= 4 is 23.2 Å². The maximum Gasteiger partial charge on any atom is 0.128 e. The molecule has 4 heteroatoms. The van der Waals surface area contributed by atoms with Crippen LogP contribution in [0.3, 0.4) is 0 Å². The first-order valence-electron chi connectivity index (χ1n) is 5.88. The van der Waals surface area contributed by atoms with Gasteiger partial charge in [-0.3, -0.25) is 0 Å². The van der Waals surface area contributed by atoms with Gasteiger partial charge >= 0.3 is 0 Å². The number of benzene rings is 2. The zero-order valence-corrected chi connectivity index (χ0v) is 12.0. The molecule has 19 heavy (non-hydrogen) atoms. The Hall–Kier alpha value is -1.22. The molecule has 0 aromatic heterocycles. The first-order chi connectivity index (χ1) is 9.11. The summed E-state index contributed by atoms with van der Waals surface area (Å²) >= 11 is 11.9. The van der Waals surface area contributed by atoms with Crippen LogP contribution in [-0.4, -0.2) is 5.11 Å². The van der Waals surface area contributed by atoms with Gasteiger partial charge in [0, 0.05) is 21.2 Å². The smallest absolute Gasteiger partial charge is 0.128 e. The predicted octanol–water partition coefficient (Wildman–Crippen LogP) is 4.37. The van der Waals surface area contributed by atoms with E-state index in [2.05, 4.69) is 0 Å². The van der Waals surface area contributed by atoms with Crippen LogP contribution in [0.15, 0.2) is 36.4 Å². The van der Waals surface area contributed by atoms with Gasteiger partial charge in [-0.25, -0.2) is 0 Å². The van der Waals surface area contributed by atoms with Crippen LogP contribution in [0.1, 0.15) is 16.7 Å². The predicted molar refractivity (Wildman–Crippen MR) is 77.9 cm³/mol. The van der Waals surface area contributed by atoms with E-state index in [1.54, 1.807) is 12.1 Å². The molecule has 0 spiro atoms. The molecule has 0 saturated carbocycles. The number of para-hydroxylation sites is 1. The number of aliphatic hydroxyl groups is 1. The Bertz CT molecular complexity index is 582. The van der Waals surface area contributed by atoms with Gasteiger partial charge in [-0.2, -0.15) is 0 Å². The normalized spacial score (nSPS) is 10.5. The standard InChI is InChI=1S/C15H14Cl2O2/c1-10-3-2-4-11(8-18)15(10)19-9-12-5-6-13(16)7-14(12)17/h2-7,18H,8-9H2,1H3. The second-order valence-electron chi connectivity index (χ2n) is 4.25. The highest BCUT2D eigenvalue weighted by Gasteiger charge is 2.08. The van der Waals surface area contributed by atoms with Crippen LogP contribution >= 0.6 is 23.2 Å². The van der Waals surface area contributed by atoms with Crippen LogP contribution in [0.5, 0.6) is 5.75 Å². The van der Waals surface area contributed by atoms with Crippen LogP contribution in [0.2, 0.25) is 10.0 Å². The van der Waals surface area contributed by atoms with E-state index in [1.807, 2.05) is 31.2 Å². The van der Waals surface area contributed by atoms with Crippen LogP contribution < -0.4 is 4.74 Å². The van der Waals surface area contributed by atoms with Gasteiger partial charge in [-0.05, 0) is 24.6 Å². The molecule has 1 N–H and O–H groups in total. The van der Waals surface area contributed by atoms with Gasteiger partial charge in [-0.15, -0.1) is 0 Å². The summed E-state index contributed by atoms with van der Waals surface area (Å²) in [5.41, 5.74) is 2.61. The van der Waals surface area contributed by atoms with E-state index < -0.39 is 0 Å². The van der Waals surface area contributed by atoms with E-state index in [9.17, 15) is 5.11 Å². The summed E-state index contributed by atoms with van der Waals surface area (Å²) in [6, 6.07) is 11.0. The summed E-state index contributed by atoms with van der Waals surface area (Å²) in [5, 5.41) is 10.5. The lowest BCUT2D eigenvalue weighted by Crippen LogP contribution is -2.01. The fraction of sp³-hybridized carbons (Fsp3) is 0.200. The van der Waals surface area contributed by atoms with Gasteiger partial charge in [0.15, 0.2) is 0 Å². The Morgan fingerprint density at radius 2 is 1.89 bits per heavy atom. The fourth-order valence-electron chi connectivity index (χ4n) is 1.83. The zero-order chi connectivity index (χ0) is 13.8. The summed E-state index contributed by atoms with van der Waals surface area (Å²) in [4.78, 5) is 0. The number of aliphatic hydroxyl groups excluding tert-OH is 1. The van der Waals surface area contributed by atoms with E-state index in [1.165, 1.54) is 0 Å². The minimum absolute atomic E-state index is 0.0502. The largest absolute Gasteiger partial charge is 0.488 e. The van der Waals surface area contributed by atoms with E-state index in [-0.39, 0.29) is 6.61 Å². The van der Waals surface area contributed by atoms with Crippen LogP contribution in [0.25, 0.3) is 0 Å². The zero-order valence-electron chi connectivity index (χ0n) is 10.5. The van der Waals surface area contributed by atoms with Crippen molar-refractivity contribution in [3.63, 3.8) is 0 Å². The van der Waals surface area contributed by atoms with Gasteiger partial charge in [0.05, 0.1) is 6.61 Å². The molecule has 0 unspecified atom stereocenters. The summed E-state index contributed by atoms with van der Waals surface area (Å²) in [6.45, 7) is 2.23. The maximum atomic E-state index is 9.31. The molecular formula is C15H14Cl2O2. The average molecular weight is 297 g/mol. The Morgan fingerprint density at radius 3 is 2.58 bits per heavy atom. The molecule has 0 bridgehead atoms. The van der Waals surface area contributed by atoms with Crippen molar-refractivity contribution in [2.24, 2.45) is 0 Å². The Labute approximate surface area is 122 Å². The van der Waals surface area contributed by atoms with Crippen molar-refractivity contribution < 1.29 is 9.84 Å². The van der Waals surface area contributed by atoms with E-state index in [0.717, 1.165) is 16.7 Å². The molecule has 0 aliphatic rings. The molecule has 2 aromatic carbocycles. The molecule has 0 atom stereocenters. The first kappa shape index (κ1) is 14.2. The van der Waals surface area contributed by atoms with Crippen molar-refractivity contribution in [3.05, 3.63) is 63.1 Å². The molecule has 0 aliphatic carbocycles.